The molecule has 44 heavy (non-hydrogen) atoms. The standard InChI is InChI=1S/C31H52BN5O6S/c1-7-8-16-41-22-11-13-23(14-12-22)44(39,40)37-24(10-9-15-35-29(33)34)28(38)36-27(17-20(2)3)32-42-26-19-21-18-25(30(21,4)5)31(26,6)43-32/h11-14,20-21,24-27,37H,7-10,15-19H2,1-6H3,(H,36,38)(H4,33,34,35)/t21-,24-,25-,26+,27-,31-/m0/s1. The SMILES string of the molecule is CCCCOc1ccc(S(=O)(=O)N[C@@H](CCCNC(=N)N)C(=O)N[C@@H](CC(C)C)B2O[C@@H]3C[C@@H]4C[C@@H](C4(C)C)[C@]3(C)O2)cc1. The monoisotopic (exact) mass is 633 g/mol. The molecule has 1 saturated heterocycles. The first-order chi connectivity index (χ1) is 20.7. The maximum atomic E-state index is 13.8. The quantitative estimate of drug-likeness (QED) is 0.0798. The molecule has 1 heterocycles. The molecule has 246 valence electrons. The van der Waals surface area contributed by atoms with Crippen LogP contribution in [0.15, 0.2) is 29.2 Å². The van der Waals surface area contributed by atoms with Crippen LogP contribution < -0.4 is 25.8 Å². The minimum atomic E-state index is -4.04. The van der Waals surface area contributed by atoms with Gasteiger partial charge in [-0.05, 0) is 92.9 Å². The summed E-state index contributed by atoms with van der Waals surface area (Å²) in [6.45, 7) is 13.9. The van der Waals surface area contributed by atoms with Crippen molar-refractivity contribution in [3.63, 3.8) is 0 Å². The van der Waals surface area contributed by atoms with Gasteiger partial charge in [0.25, 0.3) is 0 Å². The Morgan fingerprint density at radius 1 is 1.18 bits per heavy atom. The molecule has 5 rings (SSSR count). The van der Waals surface area contributed by atoms with Crippen molar-refractivity contribution < 1.29 is 27.3 Å². The molecule has 4 fully saturated rings. The van der Waals surface area contributed by atoms with E-state index in [1.807, 2.05) is 0 Å². The van der Waals surface area contributed by atoms with E-state index in [9.17, 15) is 13.2 Å². The van der Waals surface area contributed by atoms with Gasteiger partial charge in [-0.3, -0.25) is 10.2 Å². The molecule has 2 bridgehead atoms. The van der Waals surface area contributed by atoms with Crippen molar-refractivity contribution in [1.82, 2.24) is 15.4 Å². The van der Waals surface area contributed by atoms with E-state index in [0.717, 1.165) is 25.7 Å². The highest BCUT2D eigenvalue weighted by atomic mass is 32.2. The van der Waals surface area contributed by atoms with E-state index in [4.69, 9.17) is 25.2 Å². The van der Waals surface area contributed by atoms with Crippen molar-refractivity contribution >= 4 is 29.0 Å². The molecule has 0 unspecified atom stereocenters. The molecule has 11 nitrogen and oxygen atoms in total. The van der Waals surface area contributed by atoms with Crippen molar-refractivity contribution in [2.75, 3.05) is 13.2 Å². The smallest absolute Gasteiger partial charge is 0.481 e. The van der Waals surface area contributed by atoms with Gasteiger partial charge in [-0.2, -0.15) is 4.72 Å². The molecule has 13 heteroatoms. The van der Waals surface area contributed by atoms with Crippen LogP contribution in [0.25, 0.3) is 0 Å². The summed E-state index contributed by atoms with van der Waals surface area (Å²) in [6.07, 6.45) is 5.16. The molecule has 1 aliphatic heterocycles. The number of unbranched alkanes of at least 4 members (excludes halogenated alkanes) is 1. The Kier molecular flexibility index (Phi) is 11.0. The van der Waals surface area contributed by atoms with Gasteiger partial charge < -0.3 is 30.4 Å². The average molecular weight is 634 g/mol. The zero-order valence-electron chi connectivity index (χ0n) is 27.1. The Balaban J connectivity index is 1.48. The van der Waals surface area contributed by atoms with Gasteiger partial charge in [0, 0.05) is 6.54 Å². The number of nitrogens with two attached hydrogens (primary N) is 1. The van der Waals surface area contributed by atoms with Gasteiger partial charge in [-0.15, -0.1) is 0 Å². The minimum Gasteiger partial charge on any atom is -0.494 e. The van der Waals surface area contributed by atoms with Crippen LogP contribution in [0.1, 0.15) is 86.5 Å². The first-order valence-electron chi connectivity index (χ1n) is 16.1. The number of sulfonamides is 1. The second-order valence-electron chi connectivity index (χ2n) is 13.9. The van der Waals surface area contributed by atoms with E-state index in [1.165, 1.54) is 12.1 Å². The number of carbonyl (C=O) groups excluding carboxylic acids is 1. The highest BCUT2D eigenvalue weighted by Gasteiger charge is 2.68. The molecule has 1 aromatic carbocycles. The molecular weight excluding hydrogens is 581 g/mol. The molecule has 6 atom stereocenters. The van der Waals surface area contributed by atoms with Gasteiger partial charge in [0.05, 0.1) is 29.1 Å². The van der Waals surface area contributed by atoms with Gasteiger partial charge >= 0.3 is 7.12 Å². The zero-order chi connectivity index (χ0) is 32.3. The highest BCUT2D eigenvalue weighted by molar-refractivity contribution is 7.89. The molecule has 1 aromatic rings. The van der Waals surface area contributed by atoms with Crippen molar-refractivity contribution in [2.24, 2.45) is 28.9 Å². The fourth-order valence-electron chi connectivity index (χ4n) is 7.18. The van der Waals surface area contributed by atoms with E-state index in [-0.39, 0.29) is 34.7 Å². The van der Waals surface area contributed by atoms with Crippen molar-refractivity contribution in [3.05, 3.63) is 24.3 Å². The fourth-order valence-corrected chi connectivity index (χ4v) is 8.41. The molecular formula is C31H52BN5O6S. The third-order valence-electron chi connectivity index (χ3n) is 9.85. The van der Waals surface area contributed by atoms with E-state index >= 15 is 0 Å². The summed E-state index contributed by atoms with van der Waals surface area (Å²) in [4.78, 5) is 13.9. The lowest BCUT2D eigenvalue weighted by Crippen LogP contribution is -2.65. The molecule has 1 amide bonds. The predicted octanol–water partition coefficient (Wildman–Crippen LogP) is 3.57. The molecule has 0 radical (unpaired) electrons. The minimum absolute atomic E-state index is 0.0308. The first kappa shape index (κ1) is 34.5. The van der Waals surface area contributed by atoms with Crippen molar-refractivity contribution in [3.8, 4) is 5.75 Å². The summed E-state index contributed by atoms with van der Waals surface area (Å²) in [5.74, 6) is 0.731. The topological polar surface area (TPSA) is 165 Å². The second kappa shape index (κ2) is 14.0. The number of rotatable bonds is 16. The second-order valence-corrected chi connectivity index (χ2v) is 15.6. The van der Waals surface area contributed by atoms with Gasteiger partial charge in [-0.25, -0.2) is 8.42 Å². The Hall–Kier alpha value is -2.35. The zero-order valence-corrected chi connectivity index (χ0v) is 28.0. The third-order valence-corrected chi connectivity index (χ3v) is 11.3. The van der Waals surface area contributed by atoms with Crippen molar-refractivity contribution in [2.45, 2.75) is 115 Å². The highest BCUT2D eigenvalue weighted by Crippen LogP contribution is 2.65. The largest absolute Gasteiger partial charge is 0.494 e. The third kappa shape index (κ3) is 7.71. The molecule has 3 aliphatic carbocycles. The van der Waals surface area contributed by atoms with Gasteiger partial charge in [0.2, 0.25) is 15.9 Å². The molecule has 4 aliphatic rings. The van der Waals surface area contributed by atoms with E-state index in [1.54, 1.807) is 12.1 Å². The van der Waals surface area contributed by atoms with Crippen LogP contribution in [0.2, 0.25) is 0 Å². The summed E-state index contributed by atoms with van der Waals surface area (Å²) in [7, 11) is -4.66. The molecule has 6 N–H and O–H groups in total. The van der Waals surface area contributed by atoms with E-state index < -0.39 is 40.6 Å². The van der Waals surface area contributed by atoms with Crippen LogP contribution in [-0.2, 0) is 24.1 Å². The molecule has 3 saturated carbocycles. The molecule has 0 aromatic heterocycles. The summed E-state index contributed by atoms with van der Waals surface area (Å²) >= 11 is 0. The van der Waals surface area contributed by atoms with Crippen molar-refractivity contribution in [1.29, 1.82) is 5.41 Å². The molecule has 0 spiro atoms. The number of hydrogen-bond donors (Lipinski definition) is 5. The van der Waals surface area contributed by atoms with E-state index in [2.05, 4.69) is 56.9 Å². The van der Waals surface area contributed by atoms with Crippen LogP contribution in [-0.4, -0.2) is 64.2 Å². The summed E-state index contributed by atoms with van der Waals surface area (Å²) < 4.78 is 48.4. The first-order valence-corrected chi connectivity index (χ1v) is 17.6. The van der Waals surface area contributed by atoms with Gasteiger partial charge in [0.15, 0.2) is 5.96 Å². The lowest BCUT2D eigenvalue weighted by molar-refractivity contribution is -0.199. The normalized spacial score (nSPS) is 26.8. The van der Waals surface area contributed by atoms with Crippen LogP contribution in [0.4, 0.5) is 0 Å². The Bertz CT molecular complexity index is 1260. The van der Waals surface area contributed by atoms with Gasteiger partial charge in [-0.1, -0.05) is 41.0 Å². The number of amides is 1. The lowest BCUT2D eigenvalue weighted by atomic mass is 9.43. The van der Waals surface area contributed by atoms with Crippen LogP contribution >= 0.6 is 0 Å². The Labute approximate surface area is 263 Å². The maximum absolute atomic E-state index is 13.8. The number of carbonyl (C=O) groups is 1. The fraction of sp³-hybridized carbons (Fsp3) is 0.742. The predicted molar refractivity (Wildman–Crippen MR) is 172 cm³/mol. The Morgan fingerprint density at radius 3 is 2.50 bits per heavy atom. The lowest BCUT2D eigenvalue weighted by Gasteiger charge is -2.64. The average Bonchev–Trinajstić information content (AvgIpc) is 3.31. The number of benzene rings is 1. The van der Waals surface area contributed by atoms with Crippen LogP contribution in [0, 0.1) is 28.6 Å². The maximum Gasteiger partial charge on any atom is 0.481 e. The number of ether oxygens (including phenoxy) is 1. The van der Waals surface area contributed by atoms with Crippen LogP contribution in [0.3, 0.4) is 0 Å². The summed E-state index contributed by atoms with van der Waals surface area (Å²) in [5.41, 5.74) is 5.18. The summed E-state index contributed by atoms with van der Waals surface area (Å²) in [5, 5.41) is 13.2. The van der Waals surface area contributed by atoms with E-state index in [0.29, 0.717) is 43.6 Å². The number of nitrogens with one attached hydrogen (secondary N) is 4. The van der Waals surface area contributed by atoms with Gasteiger partial charge in [0.1, 0.15) is 11.8 Å². The summed E-state index contributed by atoms with van der Waals surface area (Å²) in [6, 6.07) is 5.14. The van der Waals surface area contributed by atoms with Crippen LogP contribution in [0.5, 0.6) is 5.75 Å². The number of hydrogen-bond acceptors (Lipinski definition) is 7. The Morgan fingerprint density at radius 2 is 1.89 bits per heavy atom. The number of guanidine groups is 1.